The number of Topliss-reactive ketones (excluding diaryl/α,β-unsaturated/α-hetero) is 1. The molecule has 0 fully saturated rings. The second kappa shape index (κ2) is 14.1. The lowest BCUT2D eigenvalue weighted by atomic mass is 10.0. The van der Waals surface area contributed by atoms with Crippen molar-refractivity contribution in [1.82, 2.24) is 10.6 Å². The Morgan fingerprint density at radius 1 is 0.850 bits per heavy atom. The number of anilines is 1. The number of benzene rings is 3. The topological polar surface area (TPSA) is 168 Å². The number of fused-ring (bicyclic) bond motifs is 1. The Morgan fingerprint density at radius 2 is 1.50 bits per heavy atom. The molecule has 0 saturated carbocycles. The van der Waals surface area contributed by atoms with E-state index in [1.54, 1.807) is 56.3 Å². The summed E-state index contributed by atoms with van der Waals surface area (Å²) in [6.45, 7) is 2.48. The maximum absolute atomic E-state index is 13.0. The summed E-state index contributed by atoms with van der Waals surface area (Å²) < 4.78 is 17.3. The summed E-state index contributed by atoms with van der Waals surface area (Å²) in [6, 6.07) is 17.7. The lowest BCUT2D eigenvalue weighted by molar-refractivity contribution is -0.141. The number of aliphatic carboxylic acids is 1. The van der Waals surface area contributed by atoms with E-state index in [1.165, 1.54) is 12.1 Å². The molecule has 3 atom stereocenters. The molecule has 0 aliphatic heterocycles. The molecule has 11 nitrogen and oxygen atoms in total. The number of carbonyl (C=O) groups excluding carboxylic acids is 4. The molecule has 0 spiro atoms. The molecule has 0 bridgehead atoms. The molecule has 12 heteroatoms. The van der Waals surface area contributed by atoms with E-state index in [0.717, 1.165) is 10.8 Å². The van der Waals surface area contributed by atoms with Crippen LogP contribution in [0.1, 0.15) is 20.3 Å². The number of ketones is 1. The summed E-state index contributed by atoms with van der Waals surface area (Å²) in [5.74, 6) is -5.71. The molecule has 40 heavy (non-hydrogen) atoms. The fraction of sp³-hybridized carbons (Fsp3) is 0.250. The Kier molecular flexibility index (Phi) is 10.6. The van der Waals surface area contributed by atoms with Crippen molar-refractivity contribution in [2.45, 2.75) is 37.2 Å². The third-order valence-corrected chi connectivity index (χ3v) is 6.80. The first-order valence-electron chi connectivity index (χ1n) is 12.3. The Morgan fingerprint density at radius 3 is 2.17 bits per heavy atom. The van der Waals surface area contributed by atoms with Crippen LogP contribution in [0.3, 0.4) is 0 Å². The highest BCUT2D eigenvalue weighted by Gasteiger charge is 2.31. The van der Waals surface area contributed by atoms with Crippen LogP contribution in [0.15, 0.2) is 77.7 Å². The Bertz CT molecular complexity index is 1420. The van der Waals surface area contributed by atoms with Gasteiger partial charge in [-0.2, -0.15) is 0 Å². The van der Waals surface area contributed by atoms with Crippen molar-refractivity contribution in [2.24, 2.45) is 5.92 Å². The molecule has 0 aliphatic carbocycles. The van der Waals surface area contributed by atoms with Gasteiger partial charge in [0.25, 0.3) is 0 Å². The smallest absolute Gasteiger partial charge is 0.313 e. The number of hydrogen-bond donors (Lipinski definition) is 4. The van der Waals surface area contributed by atoms with Crippen LogP contribution < -0.4 is 16.0 Å². The van der Waals surface area contributed by atoms with Gasteiger partial charge < -0.3 is 21.1 Å². The predicted octanol–water partition coefficient (Wildman–Crippen LogP) is 2.19. The second-order valence-electron chi connectivity index (χ2n) is 9.11. The monoisotopic (exact) mass is 567 g/mol. The van der Waals surface area contributed by atoms with E-state index in [2.05, 4.69) is 16.0 Å². The molecular weight excluding hydrogens is 538 g/mol. The highest BCUT2D eigenvalue weighted by Crippen LogP contribution is 2.22. The zero-order valence-electron chi connectivity index (χ0n) is 21.8. The highest BCUT2D eigenvalue weighted by atomic mass is 32.2. The van der Waals surface area contributed by atoms with Crippen LogP contribution in [-0.2, 0) is 39.2 Å². The molecule has 1 unspecified atom stereocenters. The SMILES string of the molecule is CC(C)[C@H](NC(=O)C(=O)Nc1cccc2ccccc12)C(=O)N[C@@H](CC(=O)O)C(=O)COS(=O)c1ccccc1. The molecule has 0 heterocycles. The van der Waals surface area contributed by atoms with Gasteiger partial charge in [-0.15, -0.1) is 0 Å². The number of carbonyl (C=O) groups is 5. The van der Waals surface area contributed by atoms with Gasteiger partial charge in [-0.05, 0) is 29.5 Å². The number of amides is 3. The lowest BCUT2D eigenvalue weighted by Gasteiger charge is -2.24. The summed E-state index contributed by atoms with van der Waals surface area (Å²) in [6.07, 6.45) is -0.772. The van der Waals surface area contributed by atoms with Crippen molar-refractivity contribution in [3.63, 3.8) is 0 Å². The minimum atomic E-state index is -1.98. The highest BCUT2D eigenvalue weighted by molar-refractivity contribution is 7.80. The molecule has 4 N–H and O–H groups in total. The minimum Gasteiger partial charge on any atom is -0.481 e. The number of carboxylic acid groups (broad SMARTS) is 1. The van der Waals surface area contributed by atoms with Crippen molar-refractivity contribution in [3.8, 4) is 0 Å². The zero-order chi connectivity index (χ0) is 29.2. The molecule has 3 amide bonds. The van der Waals surface area contributed by atoms with Crippen LogP contribution in [0.2, 0.25) is 0 Å². The number of rotatable bonds is 12. The van der Waals surface area contributed by atoms with Crippen molar-refractivity contribution >= 4 is 57.0 Å². The van der Waals surface area contributed by atoms with Crippen molar-refractivity contribution in [1.29, 1.82) is 0 Å². The van der Waals surface area contributed by atoms with Gasteiger partial charge in [0.2, 0.25) is 5.91 Å². The van der Waals surface area contributed by atoms with Crippen LogP contribution in [0, 0.1) is 5.92 Å². The Balaban J connectivity index is 1.65. The van der Waals surface area contributed by atoms with Crippen molar-refractivity contribution < 1.29 is 37.5 Å². The molecule has 0 saturated heterocycles. The van der Waals surface area contributed by atoms with Crippen molar-refractivity contribution in [2.75, 3.05) is 11.9 Å². The van der Waals surface area contributed by atoms with Crippen LogP contribution in [0.25, 0.3) is 10.8 Å². The Hall–Kier alpha value is -4.42. The standard InChI is InChI=1S/C28H29N3O8S/c1-17(2)25(31-28(37)27(36)29-21-14-8-10-18-9-6-7-13-20(18)21)26(35)30-22(15-24(33)34)23(32)16-39-40(38)19-11-4-3-5-12-19/h3-14,17,22,25H,15-16H2,1-2H3,(H,29,36)(H,30,35)(H,31,37)(H,33,34)/t22-,25-,40?/m0/s1. The molecular formula is C28H29N3O8S. The average molecular weight is 568 g/mol. The van der Waals surface area contributed by atoms with E-state index in [-0.39, 0.29) is 0 Å². The summed E-state index contributed by atoms with van der Waals surface area (Å²) in [7, 11) is 0. The van der Waals surface area contributed by atoms with Gasteiger partial charge >= 0.3 is 17.8 Å². The van der Waals surface area contributed by atoms with Crippen molar-refractivity contribution in [3.05, 3.63) is 72.8 Å². The molecule has 0 aliphatic rings. The zero-order valence-corrected chi connectivity index (χ0v) is 22.6. The number of hydrogen-bond acceptors (Lipinski definition) is 7. The molecule has 3 rings (SSSR count). The van der Waals surface area contributed by atoms with Gasteiger partial charge in [-0.25, -0.2) is 4.21 Å². The van der Waals surface area contributed by atoms with Crippen LogP contribution in [0.5, 0.6) is 0 Å². The first kappa shape index (κ1) is 30.1. The first-order chi connectivity index (χ1) is 19.1. The van der Waals surface area contributed by atoms with Gasteiger partial charge in [-0.1, -0.05) is 68.4 Å². The molecule has 3 aromatic rings. The summed E-state index contributed by atoms with van der Waals surface area (Å²) in [4.78, 5) is 62.7. The van der Waals surface area contributed by atoms with Gasteiger partial charge in [-0.3, -0.25) is 28.2 Å². The fourth-order valence-corrected chi connectivity index (χ4v) is 4.49. The van der Waals surface area contributed by atoms with Gasteiger partial charge in [0.1, 0.15) is 18.7 Å². The fourth-order valence-electron chi connectivity index (χ4n) is 3.75. The van der Waals surface area contributed by atoms with Gasteiger partial charge in [0.05, 0.1) is 11.3 Å². The number of carboxylic acids is 1. The quantitative estimate of drug-likeness (QED) is 0.242. The first-order valence-corrected chi connectivity index (χ1v) is 13.4. The van der Waals surface area contributed by atoms with Crippen LogP contribution in [-0.4, -0.2) is 57.5 Å². The maximum atomic E-state index is 13.0. The Labute approximate surface area is 232 Å². The van der Waals surface area contributed by atoms with Gasteiger partial charge in [0, 0.05) is 11.1 Å². The van der Waals surface area contributed by atoms with E-state index in [4.69, 9.17) is 4.18 Å². The third kappa shape index (κ3) is 8.29. The normalized spacial score (nSPS) is 13.2. The van der Waals surface area contributed by atoms with Crippen LogP contribution in [0.4, 0.5) is 5.69 Å². The van der Waals surface area contributed by atoms with E-state index in [0.29, 0.717) is 10.6 Å². The van der Waals surface area contributed by atoms with E-state index >= 15 is 0 Å². The summed E-state index contributed by atoms with van der Waals surface area (Å²) in [5, 5.41) is 18.0. The summed E-state index contributed by atoms with van der Waals surface area (Å²) in [5.41, 5.74) is 0.406. The number of nitrogens with one attached hydrogen (secondary N) is 3. The third-order valence-electron chi connectivity index (χ3n) is 5.81. The van der Waals surface area contributed by atoms with E-state index in [9.17, 15) is 33.3 Å². The van der Waals surface area contributed by atoms with Gasteiger partial charge in [0.15, 0.2) is 16.9 Å². The van der Waals surface area contributed by atoms with Crippen LogP contribution >= 0.6 is 0 Å². The molecule has 0 radical (unpaired) electrons. The maximum Gasteiger partial charge on any atom is 0.313 e. The molecule has 210 valence electrons. The second-order valence-corrected chi connectivity index (χ2v) is 10.3. The molecule has 3 aromatic carbocycles. The average Bonchev–Trinajstić information content (AvgIpc) is 2.94. The molecule has 0 aromatic heterocycles. The largest absolute Gasteiger partial charge is 0.481 e. The lowest BCUT2D eigenvalue weighted by Crippen LogP contribution is -2.56. The van der Waals surface area contributed by atoms with E-state index in [1.807, 2.05) is 18.2 Å². The van der Waals surface area contributed by atoms with E-state index < -0.39 is 71.6 Å². The minimum absolute atomic E-state index is 0.304. The predicted molar refractivity (Wildman–Crippen MR) is 147 cm³/mol. The summed E-state index contributed by atoms with van der Waals surface area (Å²) >= 11 is -1.98.